The molecule has 29 heavy (non-hydrogen) atoms. The van der Waals surface area contributed by atoms with Gasteiger partial charge in [0, 0.05) is 12.1 Å². The highest BCUT2D eigenvalue weighted by Gasteiger charge is 2.45. The number of fused-ring (bicyclic) bond motifs is 3. The van der Waals surface area contributed by atoms with Gasteiger partial charge in [0.1, 0.15) is 17.4 Å². The number of esters is 1. The van der Waals surface area contributed by atoms with Gasteiger partial charge in [0.15, 0.2) is 6.73 Å². The molecule has 0 saturated heterocycles. The fraction of sp³-hybridized carbons (Fsp3) is 0.222. The molecule has 11 heteroatoms. The van der Waals surface area contributed by atoms with Crippen LogP contribution in [0.1, 0.15) is 26.3 Å². The minimum atomic E-state index is -4.22. The van der Waals surface area contributed by atoms with Gasteiger partial charge in [-0.2, -0.15) is 4.31 Å². The quantitative estimate of drug-likeness (QED) is 0.655. The number of carbonyl (C=O) groups excluding carboxylic acids is 2. The van der Waals surface area contributed by atoms with E-state index in [2.05, 4.69) is 0 Å². The number of sulfonamides is 1. The van der Waals surface area contributed by atoms with Crippen molar-refractivity contribution in [2.24, 2.45) is 0 Å². The molecule has 0 aromatic heterocycles. The summed E-state index contributed by atoms with van der Waals surface area (Å²) in [6.45, 7) is -0.199. The maximum Gasteiger partial charge on any atom is 0.342 e. The van der Waals surface area contributed by atoms with Crippen molar-refractivity contribution < 1.29 is 27.5 Å². The van der Waals surface area contributed by atoms with Crippen LogP contribution >= 0.6 is 23.2 Å². The molecule has 2 heterocycles. The number of benzene rings is 2. The van der Waals surface area contributed by atoms with Crippen LogP contribution in [0, 0.1) is 0 Å². The molecule has 0 atom stereocenters. The van der Waals surface area contributed by atoms with Crippen molar-refractivity contribution in [3.8, 4) is 5.75 Å². The topological polar surface area (TPSA) is 93.2 Å². The van der Waals surface area contributed by atoms with Crippen LogP contribution in [-0.4, -0.2) is 50.0 Å². The molecule has 0 bridgehead atoms. The van der Waals surface area contributed by atoms with Gasteiger partial charge in [-0.3, -0.25) is 9.69 Å². The zero-order chi connectivity index (χ0) is 20.9. The minimum absolute atomic E-state index is 0.00877. The summed E-state index contributed by atoms with van der Waals surface area (Å²) in [6, 6.07) is 7.40. The van der Waals surface area contributed by atoms with Crippen molar-refractivity contribution >= 4 is 45.1 Å². The lowest BCUT2D eigenvalue weighted by Crippen LogP contribution is -2.34. The average molecular weight is 457 g/mol. The standard InChI is InChI=1S/C18H14Cl2N2O6S/c1-21-7-11-14(27-8-21)6-5-10-16(11)29(25,26)22(17(10)23)9-28-18(24)15-12(19)3-2-4-13(15)20/h2-6H,7-9H2,1H3. The highest BCUT2D eigenvalue weighted by atomic mass is 35.5. The Labute approximate surface area is 176 Å². The first kappa shape index (κ1) is 20.0. The number of rotatable bonds is 3. The second-order valence-electron chi connectivity index (χ2n) is 6.52. The molecule has 2 aromatic carbocycles. The van der Waals surface area contributed by atoms with Gasteiger partial charge < -0.3 is 9.47 Å². The van der Waals surface area contributed by atoms with E-state index < -0.39 is 28.6 Å². The Morgan fingerprint density at radius 2 is 1.90 bits per heavy atom. The predicted molar refractivity (Wildman–Crippen MR) is 104 cm³/mol. The SMILES string of the molecule is CN1COc2ccc3c(c2C1)S(=O)(=O)N(COC(=O)c1c(Cl)cccc1Cl)C3=O. The van der Waals surface area contributed by atoms with Crippen molar-refractivity contribution in [1.29, 1.82) is 0 Å². The van der Waals surface area contributed by atoms with Crippen LogP contribution < -0.4 is 4.74 Å². The van der Waals surface area contributed by atoms with Gasteiger partial charge in [-0.05, 0) is 31.3 Å². The first-order valence-corrected chi connectivity index (χ1v) is 10.6. The Bertz CT molecular complexity index is 1130. The number of carbonyl (C=O) groups is 2. The molecule has 0 saturated carbocycles. The molecule has 4 rings (SSSR count). The molecule has 0 aliphatic carbocycles. The maximum absolute atomic E-state index is 13.0. The first-order chi connectivity index (χ1) is 13.7. The van der Waals surface area contributed by atoms with E-state index >= 15 is 0 Å². The summed E-state index contributed by atoms with van der Waals surface area (Å²) in [5.41, 5.74) is 0.298. The van der Waals surface area contributed by atoms with Crippen LogP contribution in [0.5, 0.6) is 5.75 Å². The number of nitrogens with zero attached hydrogens (tertiary/aromatic N) is 2. The van der Waals surface area contributed by atoms with E-state index in [1.807, 2.05) is 0 Å². The molecule has 0 N–H and O–H groups in total. The van der Waals surface area contributed by atoms with Crippen LogP contribution in [0.4, 0.5) is 0 Å². The van der Waals surface area contributed by atoms with E-state index in [9.17, 15) is 18.0 Å². The van der Waals surface area contributed by atoms with Crippen molar-refractivity contribution in [3.63, 3.8) is 0 Å². The zero-order valence-corrected chi connectivity index (χ0v) is 17.3. The van der Waals surface area contributed by atoms with Crippen molar-refractivity contribution in [2.75, 3.05) is 20.5 Å². The second kappa shape index (κ2) is 7.17. The second-order valence-corrected chi connectivity index (χ2v) is 9.14. The summed E-state index contributed by atoms with van der Waals surface area (Å²) in [7, 11) is -2.46. The van der Waals surface area contributed by atoms with Crippen LogP contribution in [0.2, 0.25) is 10.0 Å². The Hall–Kier alpha value is -2.33. The van der Waals surface area contributed by atoms with E-state index in [1.54, 1.807) is 24.1 Å². The molecule has 0 spiro atoms. The Morgan fingerprint density at radius 3 is 2.59 bits per heavy atom. The van der Waals surface area contributed by atoms with Crippen LogP contribution in [0.25, 0.3) is 0 Å². The maximum atomic E-state index is 13.0. The van der Waals surface area contributed by atoms with E-state index in [-0.39, 0.29) is 26.1 Å². The zero-order valence-electron chi connectivity index (χ0n) is 15.0. The largest absolute Gasteiger partial charge is 0.478 e. The molecule has 2 aliphatic rings. The summed E-state index contributed by atoms with van der Waals surface area (Å²) in [5, 5.41) is 0.103. The number of hydrogen-bond donors (Lipinski definition) is 0. The Balaban J connectivity index is 1.64. The fourth-order valence-corrected chi connectivity index (χ4v) is 5.41. The van der Waals surface area contributed by atoms with Crippen molar-refractivity contribution in [1.82, 2.24) is 9.21 Å². The summed E-state index contributed by atoms with van der Waals surface area (Å²) in [6.07, 6.45) is 0. The van der Waals surface area contributed by atoms with Crippen LogP contribution in [0.3, 0.4) is 0 Å². The average Bonchev–Trinajstić information content (AvgIpc) is 2.85. The molecule has 0 fully saturated rings. The summed E-state index contributed by atoms with van der Waals surface area (Å²) in [4.78, 5) is 26.7. The van der Waals surface area contributed by atoms with Gasteiger partial charge in [-0.15, -0.1) is 0 Å². The molecule has 1 amide bonds. The predicted octanol–water partition coefficient (Wildman–Crippen LogP) is 2.73. The monoisotopic (exact) mass is 456 g/mol. The van der Waals surface area contributed by atoms with E-state index in [1.165, 1.54) is 18.2 Å². The molecule has 8 nitrogen and oxygen atoms in total. The van der Waals surface area contributed by atoms with Crippen LogP contribution in [0.15, 0.2) is 35.2 Å². The molecule has 0 unspecified atom stereocenters. The van der Waals surface area contributed by atoms with Gasteiger partial charge in [0.2, 0.25) is 0 Å². The van der Waals surface area contributed by atoms with Gasteiger partial charge >= 0.3 is 5.97 Å². The van der Waals surface area contributed by atoms with Crippen LogP contribution in [-0.2, 0) is 21.3 Å². The highest BCUT2D eigenvalue weighted by Crippen LogP contribution is 2.39. The lowest BCUT2D eigenvalue weighted by atomic mass is 10.1. The molecular formula is C18H14Cl2N2O6S. The Morgan fingerprint density at radius 1 is 1.21 bits per heavy atom. The molecular weight excluding hydrogens is 443 g/mol. The van der Waals surface area contributed by atoms with E-state index in [0.29, 0.717) is 28.9 Å². The third kappa shape index (κ3) is 3.24. The molecule has 0 radical (unpaired) electrons. The molecule has 2 aliphatic heterocycles. The van der Waals surface area contributed by atoms with Crippen molar-refractivity contribution in [3.05, 3.63) is 57.1 Å². The Kier molecular flexibility index (Phi) is 4.94. The normalized spacial score (nSPS) is 17.5. The van der Waals surface area contributed by atoms with E-state index in [0.717, 1.165) is 0 Å². The lowest BCUT2D eigenvalue weighted by molar-refractivity contribution is 0.0358. The molecule has 152 valence electrons. The summed E-state index contributed by atoms with van der Waals surface area (Å²) >= 11 is 11.9. The lowest BCUT2D eigenvalue weighted by Gasteiger charge is -2.26. The summed E-state index contributed by atoms with van der Waals surface area (Å²) < 4.78 is 37.2. The summed E-state index contributed by atoms with van der Waals surface area (Å²) in [5.74, 6) is -1.32. The number of amides is 1. The third-order valence-corrected chi connectivity index (χ3v) is 7.03. The fourth-order valence-electron chi connectivity index (χ4n) is 3.22. The van der Waals surface area contributed by atoms with Crippen molar-refractivity contribution in [2.45, 2.75) is 11.4 Å². The minimum Gasteiger partial charge on any atom is -0.478 e. The number of ether oxygens (including phenoxy) is 2. The number of halogens is 2. The van der Waals surface area contributed by atoms with Gasteiger partial charge in [-0.1, -0.05) is 29.3 Å². The van der Waals surface area contributed by atoms with Gasteiger partial charge in [0.05, 0.1) is 21.2 Å². The highest BCUT2D eigenvalue weighted by molar-refractivity contribution is 7.90. The van der Waals surface area contributed by atoms with E-state index in [4.69, 9.17) is 32.7 Å². The molecule has 2 aromatic rings. The first-order valence-electron chi connectivity index (χ1n) is 8.37. The third-order valence-electron chi connectivity index (χ3n) is 4.57. The van der Waals surface area contributed by atoms with Gasteiger partial charge in [-0.25, -0.2) is 13.2 Å². The number of hydrogen-bond acceptors (Lipinski definition) is 7. The smallest absolute Gasteiger partial charge is 0.342 e. The van der Waals surface area contributed by atoms with Gasteiger partial charge in [0.25, 0.3) is 15.9 Å².